The second-order valence-corrected chi connectivity index (χ2v) is 22.9. The average Bonchev–Trinajstić information content (AvgIpc) is 4.23. The van der Waals surface area contributed by atoms with Crippen LogP contribution in [0.4, 0.5) is 5.13 Å². The first-order valence-corrected chi connectivity index (χ1v) is 31.5. The molecule has 460 valence electrons. The highest BCUT2D eigenvalue weighted by Crippen LogP contribution is 2.40. The summed E-state index contributed by atoms with van der Waals surface area (Å²) >= 11 is 1.58. The van der Waals surface area contributed by atoms with Crippen LogP contribution >= 0.6 is 11.3 Å². The summed E-state index contributed by atoms with van der Waals surface area (Å²) in [6, 6.07) is 28.7. The maximum absolute atomic E-state index is 13.8. The summed E-state index contributed by atoms with van der Waals surface area (Å²) in [5, 5.41) is 27.1. The van der Waals surface area contributed by atoms with Gasteiger partial charge in [-0.05, 0) is 200 Å². The zero-order valence-corrected chi connectivity index (χ0v) is 50.1. The van der Waals surface area contributed by atoms with Gasteiger partial charge in [-0.3, -0.25) is 10.1 Å². The van der Waals surface area contributed by atoms with Gasteiger partial charge in [-0.25, -0.2) is 24.5 Å². The van der Waals surface area contributed by atoms with Crippen LogP contribution < -0.4 is 28.8 Å². The smallest absolute Gasteiger partial charge is 0.330 e. The molecule has 2 N–H and O–H groups in total. The van der Waals surface area contributed by atoms with Crippen molar-refractivity contribution in [3.05, 3.63) is 127 Å². The summed E-state index contributed by atoms with van der Waals surface area (Å²) in [4.78, 5) is 58.3. The number of esters is 3. The molecule has 18 heteroatoms. The van der Waals surface area contributed by atoms with Crippen LogP contribution in [0.1, 0.15) is 158 Å². The number of para-hydroxylation sites is 1. The molecule has 2 aliphatic rings. The standard InChI is InChI=1S/C67H87N3O14S/c1-3-63(72)78-45-19-11-9-17-43-76-55-31-27-52(28-32-55)65(83-75)51-25-23-50(24-26-51)49-80-84-61-40-39-59(47-54(61)48-68-70(41-15-7-5-6-8-16-42-71)67-69-60-21-13-14-22-62(60)85-67)82-66(74)53-29-33-57(34-30-53)81-58-37-35-56(36-38-58)77-44-18-10-12-20-46-79-64(73)4-2/h3-4,13-14,21-22,27-28,31-32,35-40,47-48,50-51,53,57,65,71,75H,1-2,5-12,15-20,23-26,29-30,33-34,41-46,49H2/b68-48+. The lowest BCUT2D eigenvalue weighted by Crippen LogP contribution is -2.30. The van der Waals surface area contributed by atoms with E-state index in [0.717, 1.165) is 154 Å². The van der Waals surface area contributed by atoms with Crippen LogP contribution in [0.3, 0.4) is 0 Å². The molecule has 4 aromatic carbocycles. The number of aromatic nitrogens is 1. The largest absolute Gasteiger partial charge is 0.494 e. The molecule has 2 aliphatic carbocycles. The van der Waals surface area contributed by atoms with Crippen LogP contribution in [-0.4, -0.2) is 91.8 Å². The number of hydrogen-bond acceptors (Lipinski definition) is 18. The van der Waals surface area contributed by atoms with Gasteiger partial charge in [-0.1, -0.05) is 74.4 Å². The number of aliphatic hydroxyl groups excluding tert-OH is 1. The molecule has 2 fully saturated rings. The first-order chi connectivity index (χ1) is 41.7. The predicted molar refractivity (Wildman–Crippen MR) is 329 cm³/mol. The van der Waals surface area contributed by atoms with Crippen molar-refractivity contribution in [2.75, 3.05) is 51.2 Å². The summed E-state index contributed by atoms with van der Waals surface area (Å²) in [5.74, 6) is 2.03. The Morgan fingerprint density at radius 2 is 1.24 bits per heavy atom. The number of rotatable bonds is 40. The molecule has 0 spiro atoms. The van der Waals surface area contributed by atoms with Crippen LogP contribution in [0, 0.1) is 17.8 Å². The predicted octanol–water partition coefficient (Wildman–Crippen LogP) is 14.7. The van der Waals surface area contributed by atoms with E-state index in [1.165, 1.54) is 12.2 Å². The van der Waals surface area contributed by atoms with Crippen molar-refractivity contribution in [3.8, 4) is 28.7 Å². The van der Waals surface area contributed by atoms with Gasteiger partial charge in [0.1, 0.15) is 29.1 Å². The molecular weight excluding hydrogens is 1100 g/mol. The van der Waals surface area contributed by atoms with Crippen LogP contribution in [0.2, 0.25) is 0 Å². The second-order valence-electron chi connectivity index (χ2n) is 21.9. The SMILES string of the molecule is C=CC(=O)OCCCCCCOc1ccc(OC2CCC(C(=O)Oc3ccc(OOCC4CCC(C(OO)c5ccc(OCCCCCCOC(=O)C=C)cc5)CC4)c(/C=N/N(CCCCCCCCO)c4nc5ccccc5s4)c3)CC2)cc1. The minimum absolute atomic E-state index is 0.0280. The molecule has 2 saturated carbocycles. The van der Waals surface area contributed by atoms with Gasteiger partial charge in [0, 0.05) is 30.9 Å². The van der Waals surface area contributed by atoms with E-state index >= 15 is 0 Å². The van der Waals surface area contributed by atoms with E-state index in [-0.39, 0.29) is 36.4 Å². The van der Waals surface area contributed by atoms with E-state index in [4.69, 9.17) is 53.2 Å². The Morgan fingerprint density at radius 1 is 0.659 bits per heavy atom. The molecule has 0 amide bonds. The first kappa shape index (κ1) is 65.7. The number of hydrazone groups is 1. The van der Waals surface area contributed by atoms with E-state index in [2.05, 4.69) is 19.2 Å². The number of thiazole rings is 1. The summed E-state index contributed by atoms with van der Waals surface area (Å²) in [5.41, 5.74) is 2.35. The number of nitrogens with zero attached hydrogens (tertiary/aromatic N) is 3. The fraction of sp³-hybridized carbons (Fsp3) is 0.507. The summed E-state index contributed by atoms with van der Waals surface area (Å²) in [6.45, 7) is 9.99. The van der Waals surface area contributed by atoms with E-state index in [0.29, 0.717) is 82.3 Å². The summed E-state index contributed by atoms with van der Waals surface area (Å²) < 4.78 is 35.5. The number of aliphatic hydroxyl groups is 1. The average molecular weight is 1190 g/mol. The van der Waals surface area contributed by atoms with Gasteiger partial charge in [-0.2, -0.15) is 9.99 Å². The third-order valence-electron chi connectivity index (χ3n) is 15.5. The third-order valence-corrected chi connectivity index (χ3v) is 16.5. The van der Waals surface area contributed by atoms with Gasteiger partial charge in [0.25, 0.3) is 0 Å². The molecule has 1 aromatic heterocycles. The van der Waals surface area contributed by atoms with Crippen molar-refractivity contribution in [1.82, 2.24) is 4.98 Å². The van der Waals surface area contributed by atoms with E-state index in [9.17, 15) is 24.7 Å². The van der Waals surface area contributed by atoms with Crippen LogP contribution in [0.15, 0.2) is 121 Å². The molecule has 0 aliphatic heterocycles. The number of ether oxygens (including phenoxy) is 6. The molecule has 1 unspecified atom stereocenters. The normalized spacial score (nSPS) is 17.2. The topological polar surface area (TPSA) is 203 Å². The Hall–Kier alpha value is -6.83. The van der Waals surface area contributed by atoms with Crippen molar-refractivity contribution in [2.45, 2.75) is 153 Å². The molecule has 7 rings (SSSR count). The Labute approximate surface area is 505 Å². The second kappa shape index (κ2) is 37.6. The number of carbonyl (C=O) groups is 3. The molecule has 5 aromatic rings. The van der Waals surface area contributed by atoms with Crippen molar-refractivity contribution >= 4 is 50.8 Å². The lowest BCUT2D eigenvalue weighted by Gasteiger charge is -2.32. The van der Waals surface area contributed by atoms with Gasteiger partial charge < -0.3 is 38.4 Å². The Kier molecular flexibility index (Phi) is 29.0. The highest BCUT2D eigenvalue weighted by molar-refractivity contribution is 7.22. The fourth-order valence-corrected chi connectivity index (χ4v) is 11.5. The van der Waals surface area contributed by atoms with E-state index in [1.54, 1.807) is 35.8 Å². The highest BCUT2D eigenvalue weighted by Gasteiger charge is 2.31. The van der Waals surface area contributed by atoms with E-state index < -0.39 is 18.0 Å². The number of fused-ring (bicyclic) bond motifs is 1. The number of anilines is 1. The molecule has 85 heavy (non-hydrogen) atoms. The van der Waals surface area contributed by atoms with Crippen molar-refractivity contribution in [1.29, 1.82) is 0 Å². The molecule has 0 saturated heterocycles. The van der Waals surface area contributed by atoms with Crippen LogP contribution in [0.25, 0.3) is 10.2 Å². The highest BCUT2D eigenvalue weighted by atomic mass is 32.1. The maximum Gasteiger partial charge on any atom is 0.330 e. The van der Waals surface area contributed by atoms with Crippen LogP contribution in [-0.2, 0) is 33.6 Å². The van der Waals surface area contributed by atoms with Crippen LogP contribution in [0.5, 0.6) is 28.7 Å². The molecule has 1 atom stereocenters. The van der Waals surface area contributed by atoms with Gasteiger partial charge in [0.15, 0.2) is 5.75 Å². The summed E-state index contributed by atoms with van der Waals surface area (Å²) in [7, 11) is 0. The Bertz CT molecular complexity index is 2760. The molecule has 17 nitrogen and oxygen atoms in total. The lowest BCUT2D eigenvalue weighted by molar-refractivity contribution is -0.296. The van der Waals surface area contributed by atoms with Crippen molar-refractivity contribution < 1.29 is 67.8 Å². The Morgan fingerprint density at radius 3 is 1.86 bits per heavy atom. The van der Waals surface area contributed by atoms with E-state index in [1.807, 2.05) is 71.7 Å². The zero-order valence-electron chi connectivity index (χ0n) is 49.2. The number of benzene rings is 4. The lowest BCUT2D eigenvalue weighted by atomic mass is 9.78. The minimum atomic E-state index is -0.473. The molecule has 1 heterocycles. The Balaban J connectivity index is 0.912. The molecule has 0 radical (unpaired) electrons. The van der Waals surface area contributed by atoms with Crippen molar-refractivity contribution in [2.24, 2.45) is 22.9 Å². The first-order valence-electron chi connectivity index (χ1n) is 30.7. The minimum Gasteiger partial charge on any atom is -0.494 e. The number of carbonyl (C=O) groups excluding carboxylic acids is 3. The molecule has 0 bridgehead atoms. The van der Waals surface area contributed by atoms with Gasteiger partial charge in [0.2, 0.25) is 5.13 Å². The van der Waals surface area contributed by atoms with Gasteiger partial charge >= 0.3 is 17.9 Å². The third kappa shape index (κ3) is 23.2. The molecular formula is C67H87N3O14S. The van der Waals surface area contributed by atoms with Crippen molar-refractivity contribution in [3.63, 3.8) is 0 Å². The monoisotopic (exact) mass is 1190 g/mol. The number of unbranched alkanes of at least 4 members (excludes halogenated alkanes) is 11. The number of hydrogen-bond donors (Lipinski definition) is 2. The maximum atomic E-state index is 13.8. The van der Waals surface area contributed by atoms with Gasteiger partial charge in [-0.15, -0.1) is 0 Å². The fourth-order valence-electron chi connectivity index (χ4n) is 10.6. The van der Waals surface area contributed by atoms with Gasteiger partial charge in [0.05, 0.1) is 61.5 Å². The quantitative estimate of drug-likeness (QED) is 0.00712. The summed E-state index contributed by atoms with van der Waals surface area (Å²) in [6.07, 6.45) is 22.7. The zero-order chi connectivity index (χ0) is 59.7.